The minimum Gasteiger partial charge on any atom is -0.456 e. The second-order valence-corrected chi connectivity index (χ2v) is 24.9. The zero-order valence-electron chi connectivity index (χ0n) is 44.1. The number of rotatable bonds is 2. The monoisotopic (exact) mass is 858 g/mol. The highest BCUT2D eigenvalue weighted by atomic mass is 16.3. The van der Waals surface area contributed by atoms with E-state index >= 15 is 0 Å². The van der Waals surface area contributed by atoms with Gasteiger partial charge in [-0.05, 0) is 188 Å². The molecule has 1 aromatic heterocycles. The van der Waals surface area contributed by atoms with Crippen molar-refractivity contribution in [3.8, 4) is 0 Å². The van der Waals surface area contributed by atoms with Crippen LogP contribution in [0.2, 0.25) is 0 Å². The maximum Gasteiger partial charge on any atom is 0.252 e. The molecule has 7 aromatic rings. The Morgan fingerprint density at radius 2 is 0.954 bits per heavy atom. The fourth-order valence-corrected chi connectivity index (χ4v) is 13.9. The Labute approximate surface area is 392 Å². The minimum absolute atomic E-state index is 0.0224. The van der Waals surface area contributed by atoms with Gasteiger partial charge in [-0.1, -0.05) is 119 Å². The van der Waals surface area contributed by atoms with E-state index in [1.54, 1.807) is 0 Å². The van der Waals surface area contributed by atoms with Crippen molar-refractivity contribution in [2.24, 2.45) is 0 Å². The summed E-state index contributed by atoms with van der Waals surface area (Å²) < 4.78 is 34.2. The highest BCUT2D eigenvalue weighted by Gasteiger charge is 2.50. The largest absolute Gasteiger partial charge is 0.456 e. The number of nitrogens with zero attached hydrogens (tertiary/aromatic N) is 2. The first-order valence-corrected chi connectivity index (χ1v) is 24.4. The maximum atomic E-state index is 9.19. The summed E-state index contributed by atoms with van der Waals surface area (Å²) in [5.41, 5.74) is 21.5. The first-order valence-electron chi connectivity index (χ1n) is 25.9. The van der Waals surface area contributed by atoms with Gasteiger partial charge < -0.3 is 14.2 Å². The highest BCUT2D eigenvalue weighted by molar-refractivity contribution is 7.00. The third-order valence-corrected chi connectivity index (χ3v) is 17.6. The van der Waals surface area contributed by atoms with E-state index in [0.29, 0.717) is 5.56 Å². The standard InChI is InChI=1S/C61H67BN2O/c1-35-25-51-55-52(26-35)64(48-31-45-40(27-36(48)2)60(11,12)34-61(45,13)14)50-33-44-42(57(5,6)22-24-59(44,9)10)30-47(50)62(55)46-29-41-43(58(7,8)23-21-56(41,3)4)32-49(46)63(51)37-19-20-39-38-17-15-16-18-53(38)65-54(39)28-37/h15-20,25-33H,21-24,34H2,1-14H3/i1D3. The fourth-order valence-electron chi connectivity index (χ4n) is 13.9. The summed E-state index contributed by atoms with van der Waals surface area (Å²) in [4.78, 5) is 4.91. The van der Waals surface area contributed by atoms with E-state index in [9.17, 15) is 4.11 Å². The lowest BCUT2D eigenvalue weighted by molar-refractivity contribution is 0.332. The Kier molecular flexibility index (Phi) is 7.48. The van der Waals surface area contributed by atoms with Crippen molar-refractivity contribution < 1.29 is 8.53 Å². The van der Waals surface area contributed by atoms with E-state index in [4.69, 9.17) is 4.42 Å². The molecule has 6 aromatic carbocycles. The van der Waals surface area contributed by atoms with Gasteiger partial charge in [0.15, 0.2) is 0 Å². The van der Waals surface area contributed by atoms with Crippen LogP contribution in [0.3, 0.4) is 0 Å². The quantitative estimate of drug-likeness (QED) is 0.162. The summed E-state index contributed by atoms with van der Waals surface area (Å²) in [7, 11) is 0. The SMILES string of the molecule is [2H]C([2H])([2H])c1cc2c3c(c1)N(c1cc4c(cc1C)C(C)(C)CC4(C)C)c1cc4c(cc1B3c1cc3c(cc1N2c1ccc2c(c1)oc1ccccc12)C(C)(C)CCC3(C)C)C(C)(C)CCC4(C)C. The Hall–Kier alpha value is -5.22. The van der Waals surface area contributed by atoms with Gasteiger partial charge in [-0.3, -0.25) is 0 Å². The molecule has 3 aliphatic carbocycles. The fraction of sp³-hybridized carbons (Fsp3) is 0.410. The average molecular weight is 858 g/mol. The van der Waals surface area contributed by atoms with Gasteiger partial charge in [-0.25, -0.2) is 0 Å². The first-order chi connectivity index (χ1) is 31.7. The summed E-state index contributed by atoms with van der Waals surface area (Å²) in [5.74, 6) is 0. The van der Waals surface area contributed by atoms with Crippen LogP contribution in [0, 0.1) is 13.8 Å². The van der Waals surface area contributed by atoms with Crippen LogP contribution in [0.1, 0.15) is 164 Å². The number of hydrogen-bond donors (Lipinski definition) is 0. The predicted octanol–water partition coefficient (Wildman–Crippen LogP) is 14.9. The Morgan fingerprint density at radius 1 is 0.477 bits per heavy atom. The topological polar surface area (TPSA) is 19.6 Å². The van der Waals surface area contributed by atoms with E-state index in [0.717, 1.165) is 87.9 Å². The zero-order chi connectivity index (χ0) is 48.2. The van der Waals surface area contributed by atoms with Gasteiger partial charge in [0.1, 0.15) is 11.2 Å². The molecule has 0 spiro atoms. The molecule has 0 N–H and O–H groups in total. The minimum atomic E-state index is -2.37. The molecular weight excluding hydrogens is 787 g/mol. The summed E-state index contributed by atoms with van der Waals surface area (Å²) >= 11 is 0. The number of furan rings is 1. The molecule has 0 amide bonds. The molecule has 3 heterocycles. The van der Waals surface area contributed by atoms with Crippen LogP contribution in [0.25, 0.3) is 21.9 Å². The van der Waals surface area contributed by atoms with Gasteiger partial charge >= 0.3 is 0 Å². The third kappa shape index (κ3) is 5.67. The van der Waals surface area contributed by atoms with E-state index in [1.165, 1.54) is 55.6 Å². The second kappa shape index (κ2) is 12.8. The van der Waals surface area contributed by atoms with E-state index < -0.39 is 6.85 Å². The molecule has 0 unspecified atom stereocenters. The lowest BCUT2D eigenvalue weighted by Gasteiger charge is -2.49. The van der Waals surface area contributed by atoms with Crippen LogP contribution in [0.15, 0.2) is 95.4 Å². The smallest absolute Gasteiger partial charge is 0.252 e. The summed E-state index contributed by atoms with van der Waals surface area (Å²) in [5, 5.41) is 2.16. The Bertz CT molecular complexity index is 3360. The lowest BCUT2D eigenvalue weighted by Crippen LogP contribution is -2.62. The van der Waals surface area contributed by atoms with E-state index in [1.807, 2.05) is 24.3 Å². The Balaban J connectivity index is 1.25. The number of para-hydroxylation sites is 1. The number of fused-ring (bicyclic) bond motifs is 10. The van der Waals surface area contributed by atoms with Crippen molar-refractivity contribution in [2.75, 3.05) is 9.80 Å². The van der Waals surface area contributed by atoms with Crippen molar-refractivity contribution in [1.29, 1.82) is 0 Å². The third-order valence-electron chi connectivity index (χ3n) is 17.6. The second-order valence-electron chi connectivity index (χ2n) is 24.9. The molecule has 5 aliphatic rings. The number of anilines is 6. The first kappa shape index (κ1) is 37.9. The van der Waals surface area contributed by atoms with Gasteiger partial charge in [-0.15, -0.1) is 0 Å². The summed E-state index contributed by atoms with van der Waals surface area (Å²) in [6, 6.07) is 34.1. The van der Waals surface area contributed by atoms with Crippen LogP contribution >= 0.6 is 0 Å². The number of hydrogen-bond acceptors (Lipinski definition) is 3. The predicted molar refractivity (Wildman–Crippen MR) is 278 cm³/mol. The Morgan fingerprint density at radius 3 is 1.54 bits per heavy atom. The number of aryl methyl sites for hydroxylation is 2. The van der Waals surface area contributed by atoms with Gasteiger partial charge in [0, 0.05) is 55.1 Å². The molecule has 65 heavy (non-hydrogen) atoms. The molecule has 0 saturated carbocycles. The molecule has 330 valence electrons. The zero-order valence-corrected chi connectivity index (χ0v) is 41.1. The molecule has 2 aliphatic heterocycles. The van der Waals surface area contributed by atoms with Gasteiger partial charge in [0.2, 0.25) is 0 Å². The van der Waals surface area contributed by atoms with E-state index in [2.05, 4.69) is 167 Å². The normalized spacial score (nSPS) is 21.7. The highest BCUT2D eigenvalue weighted by Crippen LogP contribution is 2.56. The maximum absolute atomic E-state index is 9.19. The van der Waals surface area contributed by atoms with Crippen LogP contribution < -0.4 is 26.2 Å². The van der Waals surface area contributed by atoms with Gasteiger partial charge in [0.25, 0.3) is 6.71 Å². The van der Waals surface area contributed by atoms with Crippen molar-refractivity contribution in [3.05, 3.63) is 136 Å². The molecule has 0 saturated heterocycles. The van der Waals surface area contributed by atoms with Crippen LogP contribution in [0.4, 0.5) is 34.1 Å². The van der Waals surface area contributed by atoms with Gasteiger partial charge in [-0.2, -0.15) is 0 Å². The van der Waals surface area contributed by atoms with Gasteiger partial charge in [0.05, 0.1) is 0 Å². The number of benzene rings is 6. The average Bonchev–Trinajstić information content (AvgIpc) is 3.71. The summed E-state index contributed by atoms with van der Waals surface area (Å²) in [6.07, 6.45) is 5.48. The van der Waals surface area contributed by atoms with Crippen molar-refractivity contribution in [3.63, 3.8) is 0 Å². The molecule has 0 fully saturated rings. The van der Waals surface area contributed by atoms with Crippen LogP contribution in [0.5, 0.6) is 0 Å². The van der Waals surface area contributed by atoms with Crippen LogP contribution in [-0.2, 0) is 32.5 Å². The van der Waals surface area contributed by atoms with Crippen molar-refractivity contribution in [2.45, 2.75) is 161 Å². The molecule has 0 bridgehead atoms. The van der Waals surface area contributed by atoms with E-state index in [-0.39, 0.29) is 39.2 Å². The van der Waals surface area contributed by atoms with Crippen molar-refractivity contribution in [1.82, 2.24) is 0 Å². The van der Waals surface area contributed by atoms with Crippen molar-refractivity contribution >= 4 is 79.2 Å². The summed E-state index contributed by atoms with van der Waals surface area (Å²) in [6.45, 7) is 28.7. The molecule has 4 heteroatoms. The molecule has 3 nitrogen and oxygen atoms in total. The molecule has 0 radical (unpaired) electrons. The molecule has 12 rings (SSSR count). The molecular formula is C61H67BN2O. The van der Waals surface area contributed by atoms with Crippen LogP contribution in [-0.4, -0.2) is 6.71 Å². The lowest BCUT2D eigenvalue weighted by atomic mass is 9.32. The molecule has 0 atom stereocenters.